The molecule has 128 valence electrons. The van der Waals surface area contributed by atoms with Crippen molar-refractivity contribution in [2.75, 3.05) is 0 Å². The third-order valence-corrected chi connectivity index (χ3v) is 6.25. The number of aromatic nitrogens is 1. The monoisotopic (exact) mass is 363 g/mol. The first kappa shape index (κ1) is 17.4. The van der Waals surface area contributed by atoms with Gasteiger partial charge in [0.1, 0.15) is 5.01 Å². The van der Waals surface area contributed by atoms with Crippen molar-refractivity contribution in [2.45, 2.75) is 51.1 Å². The molecule has 1 heterocycles. The summed E-state index contributed by atoms with van der Waals surface area (Å²) in [5.41, 5.74) is 7.51. The van der Waals surface area contributed by atoms with Crippen molar-refractivity contribution in [1.82, 2.24) is 10.3 Å². The number of nitrogens with one attached hydrogen (secondary N) is 1. The van der Waals surface area contributed by atoms with Crippen molar-refractivity contribution in [1.29, 1.82) is 0 Å². The highest BCUT2D eigenvalue weighted by Crippen LogP contribution is 2.33. The van der Waals surface area contributed by atoms with Crippen LogP contribution in [0, 0.1) is 6.92 Å². The fourth-order valence-corrected chi connectivity index (χ4v) is 4.36. The Morgan fingerprint density at radius 3 is 2.58 bits per heavy atom. The zero-order valence-electron chi connectivity index (χ0n) is 13.9. The van der Waals surface area contributed by atoms with Gasteiger partial charge in [0.2, 0.25) is 5.91 Å². The van der Waals surface area contributed by atoms with Crippen LogP contribution < -0.4 is 11.1 Å². The molecule has 0 saturated heterocycles. The van der Waals surface area contributed by atoms with Gasteiger partial charge in [-0.2, -0.15) is 0 Å². The molecule has 24 heavy (non-hydrogen) atoms. The normalized spacial score (nSPS) is 17.7. The molecule has 1 atom stereocenters. The van der Waals surface area contributed by atoms with Crippen LogP contribution >= 0.6 is 22.9 Å². The number of benzene rings is 1. The summed E-state index contributed by atoms with van der Waals surface area (Å²) in [6.07, 6.45) is 3.59. The summed E-state index contributed by atoms with van der Waals surface area (Å²) in [4.78, 5) is 18.2. The molecular weight excluding hydrogens is 342 g/mol. The molecule has 4 nitrogen and oxygen atoms in total. The lowest BCUT2D eigenvalue weighted by Crippen LogP contribution is -2.52. The van der Waals surface area contributed by atoms with E-state index in [2.05, 4.69) is 10.3 Å². The lowest BCUT2D eigenvalue weighted by molar-refractivity contribution is -0.126. The van der Waals surface area contributed by atoms with E-state index in [9.17, 15) is 4.79 Å². The van der Waals surface area contributed by atoms with Crippen molar-refractivity contribution >= 4 is 28.8 Å². The molecule has 3 rings (SSSR count). The fourth-order valence-electron chi connectivity index (χ4n) is 3.16. The van der Waals surface area contributed by atoms with Gasteiger partial charge in [0.25, 0.3) is 0 Å². The quantitative estimate of drug-likeness (QED) is 0.854. The van der Waals surface area contributed by atoms with E-state index in [4.69, 9.17) is 17.3 Å². The smallest absolute Gasteiger partial charge is 0.240 e. The summed E-state index contributed by atoms with van der Waals surface area (Å²) < 4.78 is 0. The molecule has 6 heteroatoms. The Hall–Kier alpha value is -1.43. The minimum Gasteiger partial charge on any atom is -0.347 e. The largest absolute Gasteiger partial charge is 0.347 e. The first-order valence-electron chi connectivity index (χ1n) is 8.22. The summed E-state index contributed by atoms with van der Waals surface area (Å²) in [5.74, 6) is -0.0478. The number of rotatable bonds is 4. The Morgan fingerprint density at radius 2 is 1.96 bits per heavy atom. The number of halogens is 1. The zero-order valence-corrected chi connectivity index (χ0v) is 15.5. The molecule has 0 aliphatic heterocycles. The van der Waals surface area contributed by atoms with Crippen LogP contribution in [0.25, 0.3) is 10.6 Å². The minimum absolute atomic E-state index is 0.0478. The third kappa shape index (κ3) is 3.48. The number of nitrogens with zero attached hydrogens (tertiary/aromatic N) is 1. The number of aryl methyl sites for hydroxylation is 1. The van der Waals surface area contributed by atoms with Crippen LogP contribution in [-0.4, -0.2) is 16.4 Å². The summed E-state index contributed by atoms with van der Waals surface area (Å²) in [7, 11) is 0. The highest BCUT2D eigenvalue weighted by molar-refractivity contribution is 7.15. The van der Waals surface area contributed by atoms with Crippen molar-refractivity contribution in [2.24, 2.45) is 5.73 Å². The lowest BCUT2D eigenvalue weighted by atomic mass is 9.97. The topological polar surface area (TPSA) is 68.0 Å². The molecule has 1 fully saturated rings. The van der Waals surface area contributed by atoms with Gasteiger partial charge in [0.05, 0.1) is 22.2 Å². The highest BCUT2D eigenvalue weighted by Gasteiger charge is 2.37. The Labute approximate surface area is 151 Å². The maximum atomic E-state index is 12.5. The second kappa shape index (κ2) is 6.82. The number of carbonyl (C=O) groups excluding carboxylic acids is 1. The van der Waals surface area contributed by atoms with Crippen molar-refractivity contribution in [3.63, 3.8) is 0 Å². The van der Waals surface area contributed by atoms with E-state index in [-0.39, 0.29) is 11.9 Å². The minimum atomic E-state index is -0.703. The van der Waals surface area contributed by atoms with Crippen LogP contribution in [0.2, 0.25) is 5.02 Å². The molecule has 0 radical (unpaired) electrons. The second-order valence-electron chi connectivity index (χ2n) is 6.53. The molecule has 1 aliphatic rings. The Kier molecular flexibility index (Phi) is 4.95. The van der Waals surface area contributed by atoms with E-state index in [0.717, 1.165) is 46.8 Å². The highest BCUT2D eigenvalue weighted by atomic mass is 35.5. The van der Waals surface area contributed by atoms with Gasteiger partial charge in [0, 0.05) is 10.6 Å². The van der Waals surface area contributed by atoms with Gasteiger partial charge in [-0.3, -0.25) is 4.79 Å². The van der Waals surface area contributed by atoms with Crippen molar-refractivity contribution < 1.29 is 4.79 Å². The van der Waals surface area contributed by atoms with Gasteiger partial charge in [-0.15, -0.1) is 11.3 Å². The predicted molar refractivity (Wildman–Crippen MR) is 99.2 cm³/mol. The van der Waals surface area contributed by atoms with Crippen LogP contribution in [0.1, 0.15) is 49.2 Å². The Balaban J connectivity index is 1.77. The van der Waals surface area contributed by atoms with Crippen LogP contribution in [0.3, 0.4) is 0 Å². The molecule has 1 amide bonds. The molecular formula is C18H22ClN3OS. The number of hydrogen-bond donors (Lipinski definition) is 2. The zero-order chi connectivity index (χ0) is 17.3. The molecule has 0 spiro atoms. The van der Waals surface area contributed by atoms with Crippen LogP contribution in [0.15, 0.2) is 24.3 Å². The molecule has 1 unspecified atom stereocenters. The van der Waals surface area contributed by atoms with E-state index in [0.29, 0.717) is 5.02 Å². The summed E-state index contributed by atoms with van der Waals surface area (Å²) in [6.45, 7) is 3.96. The van der Waals surface area contributed by atoms with E-state index in [1.165, 1.54) is 0 Å². The number of thiazole rings is 1. The van der Waals surface area contributed by atoms with E-state index in [1.807, 2.05) is 38.1 Å². The van der Waals surface area contributed by atoms with E-state index >= 15 is 0 Å². The molecule has 3 N–H and O–H groups in total. The second-order valence-corrected chi connectivity index (χ2v) is 8.00. The fraction of sp³-hybridized carbons (Fsp3) is 0.444. The standard InChI is InChI=1S/C18H22ClN3OS/c1-11-15(12(2)22-17(23)18(20)9-3-4-10-18)24-16(21-11)13-5-7-14(19)8-6-13/h5-8,12H,3-4,9-10,20H2,1-2H3,(H,22,23). The first-order valence-corrected chi connectivity index (χ1v) is 9.41. The SMILES string of the molecule is Cc1nc(-c2ccc(Cl)cc2)sc1C(C)NC(=O)C1(N)CCCC1. The summed E-state index contributed by atoms with van der Waals surface area (Å²) >= 11 is 7.54. The maximum absolute atomic E-state index is 12.5. The van der Waals surface area contributed by atoms with Gasteiger partial charge in [0.15, 0.2) is 0 Å². The van der Waals surface area contributed by atoms with Crippen LogP contribution in [-0.2, 0) is 4.79 Å². The number of amides is 1. The summed E-state index contributed by atoms with van der Waals surface area (Å²) in [6, 6.07) is 7.53. The van der Waals surface area contributed by atoms with Crippen molar-refractivity contribution in [3.05, 3.63) is 39.9 Å². The summed E-state index contributed by atoms with van der Waals surface area (Å²) in [5, 5.41) is 4.72. The van der Waals surface area contributed by atoms with Gasteiger partial charge in [-0.1, -0.05) is 36.6 Å². The van der Waals surface area contributed by atoms with Crippen molar-refractivity contribution in [3.8, 4) is 10.6 Å². The molecule has 2 aromatic rings. The molecule has 1 aromatic carbocycles. The van der Waals surface area contributed by atoms with Crippen LogP contribution in [0.4, 0.5) is 0 Å². The van der Waals surface area contributed by atoms with E-state index in [1.54, 1.807) is 11.3 Å². The number of hydrogen-bond acceptors (Lipinski definition) is 4. The van der Waals surface area contributed by atoms with Gasteiger partial charge in [-0.05, 0) is 38.8 Å². The average Bonchev–Trinajstić information content (AvgIpc) is 3.15. The molecule has 1 aliphatic carbocycles. The number of nitrogens with two attached hydrogens (primary N) is 1. The van der Waals surface area contributed by atoms with E-state index < -0.39 is 5.54 Å². The Morgan fingerprint density at radius 1 is 1.33 bits per heavy atom. The number of carbonyl (C=O) groups is 1. The van der Waals surface area contributed by atoms with Gasteiger partial charge < -0.3 is 11.1 Å². The average molecular weight is 364 g/mol. The lowest BCUT2D eigenvalue weighted by Gasteiger charge is -2.24. The maximum Gasteiger partial charge on any atom is 0.240 e. The van der Waals surface area contributed by atoms with Gasteiger partial charge in [-0.25, -0.2) is 4.98 Å². The molecule has 1 aromatic heterocycles. The predicted octanol–water partition coefficient (Wildman–Crippen LogP) is 4.22. The third-order valence-electron chi connectivity index (χ3n) is 4.61. The molecule has 0 bridgehead atoms. The Bertz CT molecular complexity index is 735. The first-order chi connectivity index (χ1) is 11.4. The molecule has 1 saturated carbocycles. The van der Waals surface area contributed by atoms with Gasteiger partial charge >= 0.3 is 0 Å². The van der Waals surface area contributed by atoms with Crippen LogP contribution in [0.5, 0.6) is 0 Å².